The highest BCUT2D eigenvalue weighted by Gasteiger charge is 2.23. The predicted molar refractivity (Wildman–Crippen MR) is 237 cm³/mol. The van der Waals surface area contributed by atoms with E-state index in [2.05, 4.69) is 229 Å². The molecule has 0 spiro atoms. The molecule has 264 valence electrons. The van der Waals surface area contributed by atoms with Crippen molar-refractivity contribution in [3.8, 4) is 66.8 Å². The average molecular weight is 714 g/mol. The zero-order valence-corrected chi connectivity index (χ0v) is 31.0. The molecule has 0 saturated heterocycles. The van der Waals surface area contributed by atoms with Crippen molar-refractivity contribution in [2.24, 2.45) is 0 Å². The van der Waals surface area contributed by atoms with Crippen LogP contribution in [0.5, 0.6) is 0 Å². The summed E-state index contributed by atoms with van der Waals surface area (Å²) in [6.45, 7) is 0. The highest BCUT2D eigenvalue weighted by atomic mass is 15.1. The molecule has 0 unspecified atom stereocenters. The van der Waals surface area contributed by atoms with Crippen molar-refractivity contribution < 1.29 is 0 Å². The number of anilines is 3. The predicted octanol–water partition coefficient (Wildman–Crippen LogP) is 15.1. The number of benzene rings is 9. The third kappa shape index (κ3) is 6.30. The average Bonchev–Trinajstić information content (AvgIpc) is 3.42. The van der Waals surface area contributed by atoms with Crippen LogP contribution < -0.4 is 4.90 Å². The summed E-state index contributed by atoms with van der Waals surface area (Å²) in [5.41, 5.74) is 21.1. The van der Waals surface area contributed by atoms with Gasteiger partial charge in [0.1, 0.15) is 0 Å². The Hall–Kier alpha value is -7.22. The summed E-state index contributed by atoms with van der Waals surface area (Å²) in [4.78, 5) is 2.31. The third-order valence-corrected chi connectivity index (χ3v) is 11.1. The zero-order chi connectivity index (χ0) is 37.3. The van der Waals surface area contributed by atoms with Crippen LogP contribution in [0.25, 0.3) is 66.8 Å². The first-order valence-electron chi connectivity index (χ1n) is 19.4. The molecular weight excluding hydrogens is 675 g/mol. The lowest BCUT2D eigenvalue weighted by Crippen LogP contribution is -2.09. The molecule has 0 atom stereocenters. The first kappa shape index (κ1) is 33.4. The molecule has 9 aromatic rings. The van der Waals surface area contributed by atoms with Gasteiger partial charge >= 0.3 is 0 Å². The molecule has 1 heteroatoms. The quantitative estimate of drug-likeness (QED) is 0.159. The number of hydrogen-bond donors (Lipinski definition) is 0. The fraction of sp³-hybridized carbons (Fsp3) is 0.0182. The third-order valence-electron chi connectivity index (χ3n) is 11.1. The van der Waals surface area contributed by atoms with E-state index in [1.54, 1.807) is 0 Å². The van der Waals surface area contributed by atoms with E-state index >= 15 is 0 Å². The van der Waals surface area contributed by atoms with Crippen LogP contribution in [0.3, 0.4) is 0 Å². The molecule has 0 bridgehead atoms. The fourth-order valence-corrected chi connectivity index (χ4v) is 8.39. The van der Waals surface area contributed by atoms with Gasteiger partial charge in [-0.2, -0.15) is 0 Å². The lowest BCUT2D eigenvalue weighted by atomic mass is 9.87. The van der Waals surface area contributed by atoms with Crippen molar-refractivity contribution in [2.45, 2.75) is 6.42 Å². The van der Waals surface area contributed by atoms with Crippen LogP contribution >= 0.6 is 0 Å². The highest BCUT2D eigenvalue weighted by Crippen LogP contribution is 2.46. The molecule has 0 saturated carbocycles. The van der Waals surface area contributed by atoms with Gasteiger partial charge in [0.25, 0.3) is 0 Å². The number of fused-ring (bicyclic) bond motifs is 5. The van der Waals surface area contributed by atoms with Gasteiger partial charge in [-0.05, 0) is 145 Å². The van der Waals surface area contributed by atoms with Crippen LogP contribution in [0.4, 0.5) is 17.1 Å². The number of rotatable bonds is 7. The molecule has 0 aliphatic heterocycles. The molecule has 1 aliphatic carbocycles. The van der Waals surface area contributed by atoms with Crippen LogP contribution in [-0.4, -0.2) is 0 Å². The molecule has 9 aromatic carbocycles. The molecule has 1 nitrogen and oxygen atoms in total. The number of para-hydroxylation sites is 2. The first-order chi connectivity index (χ1) is 27.8. The molecule has 1 aliphatic rings. The summed E-state index contributed by atoms with van der Waals surface area (Å²) in [6, 6.07) is 81.6. The fourth-order valence-electron chi connectivity index (χ4n) is 8.39. The second-order valence-corrected chi connectivity index (χ2v) is 14.5. The molecule has 0 radical (unpaired) electrons. The van der Waals surface area contributed by atoms with Gasteiger partial charge in [0.2, 0.25) is 0 Å². The van der Waals surface area contributed by atoms with Crippen molar-refractivity contribution >= 4 is 17.1 Å². The van der Waals surface area contributed by atoms with E-state index in [1.807, 2.05) is 0 Å². The van der Waals surface area contributed by atoms with Crippen molar-refractivity contribution in [1.82, 2.24) is 0 Å². The maximum absolute atomic E-state index is 2.41. The molecule has 10 rings (SSSR count). The SMILES string of the molecule is c1ccc(-c2cc(-c3ccccc3)cc(-c3cccc4c3Cc3ccc(-c5ccc(N(c6ccccc6)c6ccccc6)cc5)cc3-c3ccccc3-4)c2)cc1. The summed E-state index contributed by atoms with van der Waals surface area (Å²) in [5, 5.41) is 0. The van der Waals surface area contributed by atoms with Crippen molar-refractivity contribution in [3.63, 3.8) is 0 Å². The Morgan fingerprint density at radius 2 is 0.679 bits per heavy atom. The second kappa shape index (κ2) is 14.5. The summed E-state index contributed by atoms with van der Waals surface area (Å²) in [7, 11) is 0. The summed E-state index contributed by atoms with van der Waals surface area (Å²) in [6.07, 6.45) is 0.841. The smallest absolute Gasteiger partial charge is 0.0462 e. The Bertz CT molecular complexity index is 2690. The number of hydrogen-bond acceptors (Lipinski definition) is 1. The normalized spacial score (nSPS) is 11.5. The lowest BCUT2D eigenvalue weighted by molar-refractivity contribution is 1.21. The molecule has 56 heavy (non-hydrogen) atoms. The minimum absolute atomic E-state index is 0.841. The van der Waals surface area contributed by atoms with E-state index in [4.69, 9.17) is 0 Å². The zero-order valence-electron chi connectivity index (χ0n) is 31.0. The van der Waals surface area contributed by atoms with Crippen LogP contribution in [0.15, 0.2) is 224 Å². The summed E-state index contributed by atoms with van der Waals surface area (Å²) in [5.74, 6) is 0. The van der Waals surface area contributed by atoms with Gasteiger partial charge in [-0.15, -0.1) is 0 Å². The standard InChI is InChI=1S/C55H39N/c1-5-16-39(17-6-1)44-34-45(40-18-7-2-8-19-40)36-46(35-44)50-26-15-27-53-51-24-13-14-25-52(51)54-37-42(28-29-43(54)38-55(50)53)41-30-32-49(33-31-41)56(47-20-9-3-10-21-47)48-22-11-4-12-23-48/h1-37H,38H2. The maximum Gasteiger partial charge on any atom is 0.0462 e. The van der Waals surface area contributed by atoms with Crippen molar-refractivity contribution in [2.75, 3.05) is 4.90 Å². The second-order valence-electron chi connectivity index (χ2n) is 14.5. The van der Waals surface area contributed by atoms with Crippen LogP contribution in [0.2, 0.25) is 0 Å². The minimum atomic E-state index is 0.841. The number of nitrogens with zero attached hydrogens (tertiary/aromatic N) is 1. The molecule has 0 heterocycles. The molecule has 0 N–H and O–H groups in total. The molecule has 0 amide bonds. The Morgan fingerprint density at radius 1 is 0.250 bits per heavy atom. The van der Waals surface area contributed by atoms with Gasteiger partial charge < -0.3 is 4.90 Å². The molecule has 0 aromatic heterocycles. The first-order valence-corrected chi connectivity index (χ1v) is 19.4. The van der Waals surface area contributed by atoms with E-state index in [0.717, 1.165) is 23.5 Å². The van der Waals surface area contributed by atoms with Crippen molar-refractivity contribution in [1.29, 1.82) is 0 Å². The molecular formula is C55H39N. The van der Waals surface area contributed by atoms with Gasteiger partial charge in [-0.1, -0.05) is 164 Å². The summed E-state index contributed by atoms with van der Waals surface area (Å²) < 4.78 is 0. The van der Waals surface area contributed by atoms with Crippen LogP contribution in [0.1, 0.15) is 11.1 Å². The van der Waals surface area contributed by atoms with Crippen molar-refractivity contribution in [3.05, 3.63) is 236 Å². The Morgan fingerprint density at radius 3 is 1.27 bits per heavy atom. The summed E-state index contributed by atoms with van der Waals surface area (Å²) >= 11 is 0. The monoisotopic (exact) mass is 713 g/mol. The van der Waals surface area contributed by atoms with E-state index in [1.165, 1.54) is 77.9 Å². The van der Waals surface area contributed by atoms with Crippen LogP contribution in [-0.2, 0) is 6.42 Å². The van der Waals surface area contributed by atoms with Gasteiger partial charge in [0.05, 0.1) is 0 Å². The van der Waals surface area contributed by atoms with E-state index in [0.29, 0.717) is 0 Å². The van der Waals surface area contributed by atoms with Gasteiger partial charge in [-0.3, -0.25) is 0 Å². The maximum atomic E-state index is 2.41. The largest absolute Gasteiger partial charge is 0.311 e. The van der Waals surface area contributed by atoms with E-state index in [-0.39, 0.29) is 0 Å². The lowest BCUT2D eigenvalue weighted by Gasteiger charge is -2.25. The van der Waals surface area contributed by atoms with Gasteiger partial charge in [0, 0.05) is 17.1 Å². The Labute approximate surface area is 329 Å². The topological polar surface area (TPSA) is 3.24 Å². The van der Waals surface area contributed by atoms with E-state index < -0.39 is 0 Å². The van der Waals surface area contributed by atoms with Gasteiger partial charge in [-0.25, -0.2) is 0 Å². The molecule has 0 fully saturated rings. The Kier molecular flexibility index (Phi) is 8.67. The Balaban J connectivity index is 1.07. The van der Waals surface area contributed by atoms with Crippen LogP contribution in [0, 0.1) is 0 Å². The minimum Gasteiger partial charge on any atom is -0.311 e. The highest BCUT2D eigenvalue weighted by molar-refractivity contribution is 5.94. The van der Waals surface area contributed by atoms with E-state index in [9.17, 15) is 0 Å². The van der Waals surface area contributed by atoms with Gasteiger partial charge in [0.15, 0.2) is 0 Å².